The SMILES string of the molecule is c1ccc(-c2cc(-n3c4ccccc4c4cc(-c5ccc6c(c5)c5ccccc5n6-c5nccc(-c6ccc7sc8cccnc8c7c6)n5)ccc43)nc(-c3ccccc3)n2)cc1. The van der Waals surface area contributed by atoms with Crippen LogP contribution in [0.4, 0.5) is 0 Å². The van der Waals surface area contributed by atoms with Crippen LogP contribution in [0, 0.1) is 0 Å². The van der Waals surface area contributed by atoms with Crippen molar-refractivity contribution in [1.29, 1.82) is 0 Å². The molecule has 0 spiro atoms. The number of nitrogens with zero attached hydrogens (tertiary/aromatic N) is 7. The van der Waals surface area contributed by atoms with Gasteiger partial charge in [0, 0.05) is 66.8 Å². The van der Waals surface area contributed by atoms with Crippen LogP contribution in [0.15, 0.2) is 200 Å². The normalized spacial score (nSPS) is 11.8. The lowest BCUT2D eigenvalue weighted by atomic mass is 10.0. The van der Waals surface area contributed by atoms with Gasteiger partial charge in [0.25, 0.3) is 0 Å². The van der Waals surface area contributed by atoms with Gasteiger partial charge in [0.15, 0.2) is 5.82 Å². The van der Waals surface area contributed by atoms with E-state index in [9.17, 15) is 0 Å². The molecule has 0 amide bonds. The molecule has 13 rings (SSSR count). The van der Waals surface area contributed by atoms with Gasteiger partial charge in [-0.25, -0.2) is 19.9 Å². The van der Waals surface area contributed by atoms with E-state index in [1.54, 1.807) is 11.3 Å². The minimum absolute atomic E-state index is 0.629. The van der Waals surface area contributed by atoms with Crippen molar-refractivity contribution < 1.29 is 0 Å². The molecule has 0 N–H and O–H groups in total. The highest BCUT2D eigenvalue weighted by Gasteiger charge is 2.19. The van der Waals surface area contributed by atoms with Gasteiger partial charge in [0.1, 0.15) is 5.82 Å². The summed E-state index contributed by atoms with van der Waals surface area (Å²) in [7, 11) is 0. The summed E-state index contributed by atoms with van der Waals surface area (Å²) in [5, 5.41) is 5.74. The smallest absolute Gasteiger partial charge is 0.235 e. The number of pyridine rings is 1. The van der Waals surface area contributed by atoms with E-state index in [0.717, 1.165) is 99.5 Å². The molecule has 6 aromatic heterocycles. The van der Waals surface area contributed by atoms with E-state index in [0.29, 0.717) is 11.8 Å². The molecule has 0 aliphatic heterocycles. The molecule has 7 nitrogen and oxygen atoms in total. The van der Waals surface area contributed by atoms with Gasteiger partial charge in [-0.1, -0.05) is 115 Å². The van der Waals surface area contributed by atoms with Gasteiger partial charge in [-0.2, -0.15) is 0 Å². The summed E-state index contributed by atoms with van der Waals surface area (Å²) >= 11 is 1.76. The van der Waals surface area contributed by atoms with E-state index < -0.39 is 0 Å². The Kier molecular flexibility index (Phi) is 7.94. The van der Waals surface area contributed by atoms with Crippen molar-refractivity contribution in [1.82, 2.24) is 34.1 Å². The highest BCUT2D eigenvalue weighted by atomic mass is 32.1. The maximum absolute atomic E-state index is 5.22. The molecule has 63 heavy (non-hydrogen) atoms. The molecule has 0 unspecified atom stereocenters. The fourth-order valence-electron chi connectivity index (χ4n) is 9.16. The van der Waals surface area contributed by atoms with E-state index in [1.165, 1.54) is 9.40 Å². The van der Waals surface area contributed by atoms with Gasteiger partial charge in [0.05, 0.1) is 43.7 Å². The Hall–Kier alpha value is -8.33. The van der Waals surface area contributed by atoms with Gasteiger partial charge in [0.2, 0.25) is 5.95 Å². The van der Waals surface area contributed by atoms with Gasteiger partial charge in [-0.05, 0) is 77.9 Å². The number of hydrogen-bond donors (Lipinski definition) is 0. The van der Waals surface area contributed by atoms with Crippen LogP contribution in [0.2, 0.25) is 0 Å². The quantitative estimate of drug-likeness (QED) is 0.167. The molecule has 0 aliphatic rings. The predicted molar refractivity (Wildman–Crippen MR) is 259 cm³/mol. The van der Waals surface area contributed by atoms with Crippen molar-refractivity contribution in [2.24, 2.45) is 0 Å². The summed E-state index contributed by atoms with van der Waals surface area (Å²) in [6, 6.07) is 65.9. The van der Waals surface area contributed by atoms with Crippen LogP contribution in [0.5, 0.6) is 0 Å². The molecule has 13 aromatic rings. The molecule has 6 heterocycles. The number of thiophene rings is 1. The van der Waals surface area contributed by atoms with Crippen molar-refractivity contribution in [3.63, 3.8) is 0 Å². The summed E-state index contributed by atoms with van der Waals surface area (Å²) in [4.78, 5) is 25.0. The second-order valence-corrected chi connectivity index (χ2v) is 16.8. The van der Waals surface area contributed by atoms with Gasteiger partial charge < -0.3 is 0 Å². The Morgan fingerprint density at radius 1 is 0.349 bits per heavy atom. The number of benzene rings is 7. The molecule has 0 fully saturated rings. The zero-order chi connectivity index (χ0) is 41.4. The summed E-state index contributed by atoms with van der Waals surface area (Å²) < 4.78 is 6.86. The molecule has 0 aliphatic carbocycles. The third kappa shape index (κ3) is 5.76. The summed E-state index contributed by atoms with van der Waals surface area (Å²) in [5.41, 5.74) is 12.3. The predicted octanol–water partition coefficient (Wildman–Crippen LogP) is 13.9. The standard InChI is InChI=1S/C55H33N7S/c1-3-12-34(13-4-1)45-33-52(60-54(58-45)35-14-5-2-6-15-35)61-46-18-9-7-16-39(46)41-30-36(21-24-48(41)61)37-22-25-49-42(31-37)40-17-8-10-19-47(40)62(49)55-57-29-27-44(59-55)38-23-26-50-43(32-38)53-51(63-50)20-11-28-56-53/h1-33H. The number of rotatable bonds is 6. The summed E-state index contributed by atoms with van der Waals surface area (Å²) in [6.07, 6.45) is 3.72. The largest absolute Gasteiger partial charge is 0.294 e. The van der Waals surface area contributed by atoms with E-state index in [2.05, 4.69) is 161 Å². The van der Waals surface area contributed by atoms with Crippen molar-refractivity contribution in [3.8, 4) is 56.8 Å². The monoisotopic (exact) mass is 823 g/mol. The molecule has 0 atom stereocenters. The molecule has 0 saturated carbocycles. The molecule has 0 radical (unpaired) electrons. The van der Waals surface area contributed by atoms with E-state index in [1.807, 2.05) is 48.8 Å². The lowest BCUT2D eigenvalue weighted by Crippen LogP contribution is -2.02. The van der Waals surface area contributed by atoms with E-state index >= 15 is 0 Å². The Bertz CT molecular complexity index is 3870. The lowest BCUT2D eigenvalue weighted by Gasteiger charge is -2.12. The Labute approximate surface area is 364 Å². The molecule has 7 aromatic carbocycles. The maximum Gasteiger partial charge on any atom is 0.235 e. The molecule has 294 valence electrons. The van der Waals surface area contributed by atoms with Crippen LogP contribution in [0.1, 0.15) is 0 Å². The first-order valence-corrected chi connectivity index (χ1v) is 21.7. The molecule has 0 bridgehead atoms. The van der Waals surface area contributed by atoms with Crippen molar-refractivity contribution in [3.05, 3.63) is 200 Å². The van der Waals surface area contributed by atoms with Crippen molar-refractivity contribution in [2.75, 3.05) is 0 Å². The first-order valence-electron chi connectivity index (χ1n) is 20.9. The van der Waals surface area contributed by atoms with Gasteiger partial charge in [-0.3, -0.25) is 14.1 Å². The topological polar surface area (TPSA) is 74.3 Å². The molecular formula is C55H33N7S. The number of aromatic nitrogens is 7. The fourth-order valence-corrected chi connectivity index (χ4v) is 10.2. The van der Waals surface area contributed by atoms with Gasteiger partial charge >= 0.3 is 0 Å². The first-order chi connectivity index (χ1) is 31.2. The molecule has 8 heteroatoms. The van der Waals surface area contributed by atoms with Crippen molar-refractivity contribution in [2.45, 2.75) is 0 Å². The average molecular weight is 824 g/mol. The Morgan fingerprint density at radius 3 is 1.71 bits per heavy atom. The van der Waals surface area contributed by atoms with E-state index in [-0.39, 0.29) is 0 Å². The zero-order valence-electron chi connectivity index (χ0n) is 33.6. The second-order valence-electron chi connectivity index (χ2n) is 15.7. The minimum atomic E-state index is 0.629. The van der Waals surface area contributed by atoms with E-state index in [4.69, 9.17) is 24.9 Å². The first kappa shape index (κ1) is 35.4. The Morgan fingerprint density at radius 2 is 0.968 bits per heavy atom. The average Bonchev–Trinajstić information content (AvgIpc) is 4.01. The fraction of sp³-hybridized carbons (Fsp3) is 0. The van der Waals surface area contributed by atoms with Crippen LogP contribution in [0.25, 0.3) is 121 Å². The van der Waals surface area contributed by atoms with Crippen LogP contribution in [-0.4, -0.2) is 34.1 Å². The van der Waals surface area contributed by atoms with Crippen molar-refractivity contribution >= 4 is 75.3 Å². The second kappa shape index (κ2) is 14.1. The lowest BCUT2D eigenvalue weighted by molar-refractivity contribution is 0.992. The summed E-state index contributed by atoms with van der Waals surface area (Å²) in [6.45, 7) is 0. The number of para-hydroxylation sites is 2. The maximum atomic E-state index is 5.22. The molecular weight excluding hydrogens is 791 g/mol. The number of fused-ring (bicyclic) bond motifs is 9. The zero-order valence-corrected chi connectivity index (χ0v) is 34.4. The van der Waals surface area contributed by atoms with Crippen LogP contribution < -0.4 is 0 Å². The third-order valence-electron chi connectivity index (χ3n) is 12.1. The van der Waals surface area contributed by atoms with Crippen LogP contribution in [0.3, 0.4) is 0 Å². The third-order valence-corrected chi connectivity index (χ3v) is 13.2. The highest BCUT2D eigenvalue weighted by Crippen LogP contribution is 2.39. The van der Waals surface area contributed by atoms with Crippen LogP contribution in [-0.2, 0) is 0 Å². The number of hydrogen-bond acceptors (Lipinski definition) is 6. The van der Waals surface area contributed by atoms with Gasteiger partial charge in [-0.15, -0.1) is 11.3 Å². The molecule has 0 saturated heterocycles. The highest BCUT2D eigenvalue weighted by molar-refractivity contribution is 7.25. The summed E-state index contributed by atoms with van der Waals surface area (Å²) in [5.74, 6) is 2.13. The minimum Gasteiger partial charge on any atom is -0.294 e. The van der Waals surface area contributed by atoms with Crippen LogP contribution >= 0.6 is 11.3 Å². The Balaban J connectivity index is 0.938.